The van der Waals surface area contributed by atoms with E-state index >= 15 is 0 Å². The van der Waals surface area contributed by atoms with Crippen molar-refractivity contribution in [2.45, 2.75) is 68.2 Å². The molecule has 0 aromatic heterocycles. The summed E-state index contributed by atoms with van der Waals surface area (Å²) in [5.41, 5.74) is 0.987. The van der Waals surface area contributed by atoms with Gasteiger partial charge in [0.05, 0.1) is 4.90 Å². The highest BCUT2D eigenvalue weighted by atomic mass is 32.2. The average molecular weight is 322 g/mol. The normalized spacial score (nSPS) is 33.5. The quantitative estimate of drug-likeness (QED) is 0.886. The van der Waals surface area contributed by atoms with Crippen LogP contribution in [0.3, 0.4) is 0 Å². The molecule has 0 saturated carbocycles. The van der Waals surface area contributed by atoms with E-state index in [0.717, 1.165) is 43.4 Å². The second-order valence-electron chi connectivity index (χ2n) is 6.83. The van der Waals surface area contributed by atoms with Crippen LogP contribution in [0, 0.1) is 0 Å². The van der Waals surface area contributed by atoms with Crippen LogP contribution in [0.25, 0.3) is 0 Å². The summed E-state index contributed by atoms with van der Waals surface area (Å²) < 4.78 is 33.8. The first kappa shape index (κ1) is 14.5. The number of nitrogens with one attached hydrogen (secondary N) is 2. The first-order valence-electron chi connectivity index (χ1n) is 8.07. The number of hydrogen-bond donors (Lipinski definition) is 2. The van der Waals surface area contributed by atoms with Crippen LogP contribution in [0.1, 0.15) is 38.2 Å². The van der Waals surface area contributed by atoms with Gasteiger partial charge >= 0.3 is 0 Å². The van der Waals surface area contributed by atoms with Crippen LogP contribution in [0.4, 0.5) is 0 Å². The largest absolute Gasteiger partial charge is 0.490 e. The fourth-order valence-corrected chi connectivity index (χ4v) is 5.32. The molecule has 4 rings (SSSR count). The molecule has 3 unspecified atom stereocenters. The van der Waals surface area contributed by atoms with Crippen molar-refractivity contribution in [1.29, 1.82) is 0 Å². The van der Waals surface area contributed by atoms with Gasteiger partial charge in [-0.1, -0.05) is 0 Å². The average Bonchev–Trinajstić information content (AvgIpc) is 2.98. The highest BCUT2D eigenvalue weighted by molar-refractivity contribution is 7.89. The maximum absolute atomic E-state index is 12.6. The molecule has 2 N–H and O–H groups in total. The molecule has 5 nitrogen and oxygen atoms in total. The van der Waals surface area contributed by atoms with Gasteiger partial charge in [0.25, 0.3) is 0 Å². The van der Waals surface area contributed by atoms with Crippen LogP contribution in [0.5, 0.6) is 5.75 Å². The fourth-order valence-electron chi connectivity index (χ4n) is 4.01. The standard InChI is InChI=1S/C16H22N2O3S/c1-10-6-11-7-15(4-5-16(11)21-10)22(19,20)18-14-8-12-2-3-13(9-14)17-12/h4-5,7,10,12-14,17-18H,2-3,6,8-9H2,1H3. The molecule has 0 spiro atoms. The highest BCUT2D eigenvalue weighted by Crippen LogP contribution is 2.31. The fraction of sp³-hybridized carbons (Fsp3) is 0.625. The number of ether oxygens (including phenoxy) is 1. The summed E-state index contributed by atoms with van der Waals surface area (Å²) in [6.45, 7) is 2.00. The molecule has 1 aromatic carbocycles. The monoisotopic (exact) mass is 322 g/mol. The number of piperidine rings is 1. The third-order valence-electron chi connectivity index (χ3n) is 4.97. The zero-order chi connectivity index (χ0) is 15.3. The molecule has 0 radical (unpaired) electrons. The zero-order valence-corrected chi connectivity index (χ0v) is 13.5. The second-order valence-corrected chi connectivity index (χ2v) is 8.54. The number of sulfonamides is 1. The molecule has 120 valence electrons. The van der Waals surface area contributed by atoms with Crippen molar-refractivity contribution in [3.8, 4) is 5.75 Å². The van der Waals surface area contributed by atoms with Gasteiger partial charge in [-0.15, -0.1) is 0 Å². The third kappa shape index (κ3) is 2.64. The molecule has 3 aliphatic rings. The summed E-state index contributed by atoms with van der Waals surface area (Å²) >= 11 is 0. The summed E-state index contributed by atoms with van der Waals surface area (Å²) in [7, 11) is -3.45. The zero-order valence-electron chi connectivity index (χ0n) is 12.7. The molecule has 2 fully saturated rings. The minimum Gasteiger partial charge on any atom is -0.490 e. The number of fused-ring (bicyclic) bond motifs is 3. The van der Waals surface area contributed by atoms with E-state index in [1.165, 1.54) is 0 Å². The first-order valence-corrected chi connectivity index (χ1v) is 9.56. The first-order chi connectivity index (χ1) is 10.5. The molecule has 0 aliphatic carbocycles. The van der Waals surface area contributed by atoms with Crippen LogP contribution in [0.15, 0.2) is 23.1 Å². The van der Waals surface area contributed by atoms with E-state index in [1.807, 2.05) is 6.92 Å². The van der Waals surface area contributed by atoms with E-state index in [2.05, 4.69) is 10.0 Å². The molecule has 3 atom stereocenters. The molecule has 3 aliphatic heterocycles. The van der Waals surface area contributed by atoms with Crippen molar-refractivity contribution in [3.05, 3.63) is 23.8 Å². The Labute approximate surface area is 131 Å². The Kier molecular flexibility index (Phi) is 3.43. The van der Waals surface area contributed by atoms with Gasteiger partial charge in [0.15, 0.2) is 0 Å². The van der Waals surface area contributed by atoms with Gasteiger partial charge in [-0.2, -0.15) is 0 Å². The lowest BCUT2D eigenvalue weighted by Crippen LogP contribution is -2.47. The SMILES string of the molecule is CC1Cc2cc(S(=O)(=O)NC3CC4CCC(C3)N4)ccc2O1. The van der Waals surface area contributed by atoms with Gasteiger partial charge in [-0.25, -0.2) is 13.1 Å². The van der Waals surface area contributed by atoms with Gasteiger partial charge in [0.1, 0.15) is 11.9 Å². The van der Waals surface area contributed by atoms with Crippen LogP contribution in [-0.2, 0) is 16.4 Å². The predicted molar refractivity (Wildman–Crippen MR) is 83.5 cm³/mol. The van der Waals surface area contributed by atoms with Gasteiger partial charge < -0.3 is 10.1 Å². The predicted octanol–water partition coefficient (Wildman–Crippen LogP) is 1.57. The smallest absolute Gasteiger partial charge is 0.240 e. The molecule has 2 bridgehead atoms. The van der Waals surface area contributed by atoms with E-state index in [4.69, 9.17) is 4.74 Å². The van der Waals surface area contributed by atoms with Crippen molar-refractivity contribution in [2.75, 3.05) is 0 Å². The third-order valence-corrected chi connectivity index (χ3v) is 6.49. The van der Waals surface area contributed by atoms with Gasteiger partial charge in [-0.3, -0.25) is 0 Å². The Morgan fingerprint density at radius 3 is 2.68 bits per heavy atom. The topological polar surface area (TPSA) is 67.4 Å². The Morgan fingerprint density at radius 2 is 1.95 bits per heavy atom. The van der Waals surface area contributed by atoms with Gasteiger partial charge in [0, 0.05) is 24.5 Å². The van der Waals surface area contributed by atoms with Crippen molar-refractivity contribution in [3.63, 3.8) is 0 Å². The van der Waals surface area contributed by atoms with Crippen molar-refractivity contribution in [2.24, 2.45) is 0 Å². The number of hydrogen-bond acceptors (Lipinski definition) is 4. The Balaban J connectivity index is 1.53. The summed E-state index contributed by atoms with van der Waals surface area (Å²) in [6.07, 6.45) is 5.01. The second kappa shape index (κ2) is 5.22. The lowest BCUT2D eigenvalue weighted by molar-refractivity contribution is 0.254. The summed E-state index contributed by atoms with van der Waals surface area (Å²) in [4.78, 5) is 0.356. The van der Waals surface area contributed by atoms with Crippen LogP contribution in [-0.4, -0.2) is 32.6 Å². The van der Waals surface area contributed by atoms with Crippen molar-refractivity contribution >= 4 is 10.0 Å². The molecule has 1 aromatic rings. The van der Waals surface area contributed by atoms with E-state index in [9.17, 15) is 8.42 Å². The molecule has 2 saturated heterocycles. The van der Waals surface area contributed by atoms with E-state index in [1.54, 1.807) is 18.2 Å². The van der Waals surface area contributed by atoms with E-state index in [-0.39, 0.29) is 12.1 Å². The molecule has 0 amide bonds. The maximum atomic E-state index is 12.6. The molecule has 22 heavy (non-hydrogen) atoms. The minimum atomic E-state index is -3.45. The minimum absolute atomic E-state index is 0.0483. The number of benzene rings is 1. The highest BCUT2D eigenvalue weighted by Gasteiger charge is 2.35. The van der Waals surface area contributed by atoms with Crippen LogP contribution < -0.4 is 14.8 Å². The van der Waals surface area contributed by atoms with Crippen LogP contribution in [0.2, 0.25) is 0 Å². The summed E-state index contributed by atoms with van der Waals surface area (Å²) in [5, 5.41) is 3.53. The summed E-state index contributed by atoms with van der Waals surface area (Å²) in [5.74, 6) is 0.811. The molecule has 6 heteroatoms. The van der Waals surface area contributed by atoms with Gasteiger partial charge in [-0.05, 0) is 56.4 Å². The lowest BCUT2D eigenvalue weighted by atomic mass is 10.0. The maximum Gasteiger partial charge on any atom is 0.240 e. The van der Waals surface area contributed by atoms with E-state index in [0.29, 0.717) is 17.0 Å². The van der Waals surface area contributed by atoms with Crippen molar-refractivity contribution in [1.82, 2.24) is 10.0 Å². The Bertz CT molecular complexity index is 677. The molecular formula is C16H22N2O3S. The van der Waals surface area contributed by atoms with Crippen molar-refractivity contribution < 1.29 is 13.2 Å². The Hall–Kier alpha value is -1.11. The lowest BCUT2D eigenvalue weighted by Gasteiger charge is -2.29. The Morgan fingerprint density at radius 1 is 1.23 bits per heavy atom. The van der Waals surface area contributed by atoms with Gasteiger partial charge in [0.2, 0.25) is 10.0 Å². The molecular weight excluding hydrogens is 300 g/mol. The van der Waals surface area contributed by atoms with E-state index < -0.39 is 10.0 Å². The molecule has 3 heterocycles. The van der Waals surface area contributed by atoms with Crippen LogP contribution >= 0.6 is 0 Å². The summed E-state index contributed by atoms with van der Waals surface area (Å²) in [6, 6.07) is 6.18. The number of rotatable bonds is 3.